The van der Waals surface area contributed by atoms with Crippen LogP contribution < -0.4 is 4.90 Å². The van der Waals surface area contributed by atoms with Crippen molar-refractivity contribution in [2.24, 2.45) is 0 Å². The standard InChI is InChI=1S/C14H20N2O2/c1-10-7-11(9-17)8-15-14(10)16-5-6-18-13-4-2-3-12(13)16/h7-8,12-13,17H,2-6,9H2,1H3. The van der Waals surface area contributed by atoms with E-state index < -0.39 is 0 Å². The normalized spacial score (nSPS) is 27.3. The Bertz CT molecular complexity index is 436. The second-order valence-corrected chi connectivity index (χ2v) is 5.24. The zero-order valence-corrected chi connectivity index (χ0v) is 10.8. The molecule has 3 rings (SSSR count). The Morgan fingerprint density at radius 3 is 3.17 bits per heavy atom. The van der Waals surface area contributed by atoms with Crippen LogP contribution in [0.15, 0.2) is 12.3 Å². The third-order valence-corrected chi connectivity index (χ3v) is 4.04. The summed E-state index contributed by atoms with van der Waals surface area (Å²) >= 11 is 0. The number of hydrogen-bond acceptors (Lipinski definition) is 4. The Morgan fingerprint density at radius 1 is 1.50 bits per heavy atom. The van der Waals surface area contributed by atoms with Gasteiger partial charge in [0.25, 0.3) is 0 Å². The SMILES string of the molecule is Cc1cc(CO)cnc1N1CCOC2CCCC21. The topological polar surface area (TPSA) is 45.6 Å². The summed E-state index contributed by atoms with van der Waals surface area (Å²) in [5.74, 6) is 1.06. The van der Waals surface area contributed by atoms with Crippen molar-refractivity contribution in [3.05, 3.63) is 23.4 Å². The van der Waals surface area contributed by atoms with Crippen molar-refractivity contribution >= 4 is 5.82 Å². The number of anilines is 1. The molecule has 0 radical (unpaired) electrons. The highest BCUT2D eigenvalue weighted by Gasteiger charge is 2.37. The number of fused-ring (bicyclic) bond motifs is 1. The lowest BCUT2D eigenvalue weighted by Crippen LogP contribution is -2.49. The first kappa shape index (κ1) is 11.9. The van der Waals surface area contributed by atoms with E-state index in [1.165, 1.54) is 19.3 Å². The van der Waals surface area contributed by atoms with Crippen molar-refractivity contribution in [2.45, 2.75) is 44.9 Å². The first-order valence-electron chi connectivity index (χ1n) is 6.74. The van der Waals surface area contributed by atoms with E-state index in [0.29, 0.717) is 12.1 Å². The van der Waals surface area contributed by atoms with Crippen LogP contribution in [0.3, 0.4) is 0 Å². The van der Waals surface area contributed by atoms with Crippen molar-refractivity contribution in [3.63, 3.8) is 0 Å². The average molecular weight is 248 g/mol. The summed E-state index contributed by atoms with van der Waals surface area (Å²) in [5.41, 5.74) is 2.03. The second kappa shape index (κ2) is 4.86. The average Bonchev–Trinajstić information content (AvgIpc) is 2.87. The van der Waals surface area contributed by atoms with Crippen LogP contribution in [0.1, 0.15) is 30.4 Å². The number of aromatic nitrogens is 1. The highest BCUT2D eigenvalue weighted by molar-refractivity contribution is 5.49. The summed E-state index contributed by atoms with van der Waals surface area (Å²) in [4.78, 5) is 6.94. The van der Waals surface area contributed by atoms with Crippen molar-refractivity contribution in [1.29, 1.82) is 0 Å². The number of pyridine rings is 1. The minimum absolute atomic E-state index is 0.0588. The van der Waals surface area contributed by atoms with Crippen molar-refractivity contribution in [3.8, 4) is 0 Å². The lowest BCUT2D eigenvalue weighted by atomic mass is 10.1. The Morgan fingerprint density at radius 2 is 2.39 bits per heavy atom. The van der Waals surface area contributed by atoms with E-state index in [1.807, 2.05) is 6.07 Å². The third kappa shape index (κ3) is 1.99. The third-order valence-electron chi connectivity index (χ3n) is 4.04. The van der Waals surface area contributed by atoms with Gasteiger partial charge in [0, 0.05) is 12.7 Å². The smallest absolute Gasteiger partial charge is 0.131 e. The van der Waals surface area contributed by atoms with Gasteiger partial charge in [0.1, 0.15) is 5.82 Å². The fraction of sp³-hybridized carbons (Fsp3) is 0.643. The fourth-order valence-corrected chi connectivity index (χ4v) is 3.20. The quantitative estimate of drug-likeness (QED) is 0.864. The van der Waals surface area contributed by atoms with Crippen LogP contribution >= 0.6 is 0 Å². The van der Waals surface area contributed by atoms with E-state index in [9.17, 15) is 0 Å². The maximum Gasteiger partial charge on any atom is 0.131 e. The lowest BCUT2D eigenvalue weighted by Gasteiger charge is -2.39. The van der Waals surface area contributed by atoms with Crippen LogP contribution in [-0.2, 0) is 11.3 Å². The number of morpholine rings is 1. The van der Waals surface area contributed by atoms with E-state index in [4.69, 9.17) is 9.84 Å². The molecule has 2 aliphatic rings. The molecular weight excluding hydrogens is 228 g/mol. The summed E-state index contributed by atoms with van der Waals surface area (Å²) in [6.07, 6.45) is 5.79. The van der Waals surface area contributed by atoms with Gasteiger partial charge >= 0.3 is 0 Å². The molecule has 4 heteroatoms. The molecule has 0 spiro atoms. The molecule has 1 aliphatic carbocycles. The van der Waals surface area contributed by atoms with E-state index in [1.54, 1.807) is 6.20 Å². The summed E-state index contributed by atoms with van der Waals surface area (Å²) < 4.78 is 5.83. The number of nitrogens with zero attached hydrogens (tertiary/aromatic N) is 2. The van der Waals surface area contributed by atoms with E-state index in [0.717, 1.165) is 30.1 Å². The molecule has 2 atom stereocenters. The first-order chi connectivity index (χ1) is 8.79. The Labute approximate surface area is 108 Å². The van der Waals surface area contributed by atoms with Crippen LogP contribution in [0.4, 0.5) is 5.82 Å². The minimum atomic E-state index is 0.0588. The van der Waals surface area contributed by atoms with Gasteiger partial charge in [-0.25, -0.2) is 4.98 Å². The molecule has 1 saturated heterocycles. The zero-order chi connectivity index (χ0) is 12.5. The number of rotatable bonds is 2. The molecule has 4 nitrogen and oxygen atoms in total. The van der Waals surface area contributed by atoms with Gasteiger partial charge in [-0.3, -0.25) is 0 Å². The molecule has 18 heavy (non-hydrogen) atoms. The van der Waals surface area contributed by atoms with Crippen molar-refractivity contribution in [1.82, 2.24) is 4.98 Å². The highest BCUT2D eigenvalue weighted by atomic mass is 16.5. The summed E-state index contributed by atoms with van der Waals surface area (Å²) in [6, 6.07) is 2.52. The molecule has 98 valence electrons. The van der Waals surface area contributed by atoms with Gasteiger partial charge in [-0.1, -0.05) is 0 Å². The van der Waals surface area contributed by atoms with Crippen LogP contribution in [0, 0.1) is 6.92 Å². The molecule has 0 aromatic carbocycles. The second-order valence-electron chi connectivity index (χ2n) is 5.24. The monoisotopic (exact) mass is 248 g/mol. The van der Waals surface area contributed by atoms with Gasteiger partial charge in [-0.15, -0.1) is 0 Å². The van der Waals surface area contributed by atoms with Gasteiger partial charge in [0.05, 0.1) is 25.4 Å². The fourth-order valence-electron chi connectivity index (χ4n) is 3.20. The molecule has 0 bridgehead atoms. The van der Waals surface area contributed by atoms with Crippen LogP contribution in [0.25, 0.3) is 0 Å². The van der Waals surface area contributed by atoms with Gasteiger partial charge in [0.2, 0.25) is 0 Å². The predicted octanol–water partition coefficient (Wildman–Crippen LogP) is 1.64. The molecule has 1 saturated carbocycles. The number of aliphatic hydroxyl groups is 1. The van der Waals surface area contributed by atoms with Crippen molar-refractivity contribution in [2.75, 3.05) is 18.1 Å². The van der Waals surface area contributed by atoms with E-state index >= 15 is 0 Å². The Kier molecular flexibility index (Phi) is 3.22. The predicted molar refractivity (Wildman–Crippen MR) is 69.6 cm³/mol. The molecule has 0 amide bonds. The minimum Gasteiger partial charge on any atom is -0.392 e. The summed E-state index contributed by atoms with van der Waals surface area (Å²) in [7, 11) is 0. The van der Waals surface area contributed by atoms with E-state index in [2.05, 4.69) is 16.8 Å². The Balaban J connectivity index is 1.89. The molecule has 1 aliphatic heterocycles. The maximum atomic E-state index is 9.14. The summed E-state index contributed by atoms with van der Waals surface area (Å²) in [5, 5.41) is 9.14. The number of aryl methyl sites for hydroxylation is 1. The van der Waals surface area contributed by atoms with E-state index in [-0.39, 0.29) is 6.61 Å². The van der Waals surface area contributed by atoms with Gasteiger partial charge < -0.3 is 14.7 Å². The zero-order valence-electron chi connectivity index (χ0n) is 10.8. The lowest BCUT2D eigenvalue weighted by molar-refractivity contribution is 0.0253. The number of aliphatic hydroxyl groups excluding tert-OH is 1. The van der Waals surface area contributed by atoms with Crippen LogP contribution in [-0.4, -0.2) is 35.4 Å². The molecule has 2 heterocycles. The number of hydrogen-bond donors (Lipinski definition) is 1. The largest absolute Gasteiger partial charge is 0.392 e. The number of ether oxygens (including phenoxy) is 1. The molecule has 1 aromatic heterocycles. The van der Waals surface area contributed by atoms with Crippen molar-refractivity contribution < 1.29 is 9.84 Å². The molecular formula is C14H20N2O2. The van der Waals surface area contributed by atoms with Crippen LogP contribution in [0.5, 0.6) is 0 Å². The van der Waals surface area contributed by atoms with Gasteiger partial charge in [-0.2, -0.15) is 0 Å². The molecule has 1 aromatic rings. The maximum absolute atomic E-state index is 9.14. The molecule has 1 N–H and O–H groups in total. The first-order valence-corrected chi connectivity index (χ1v) is 6.74. The molecule has 2 unspecified atom stereocenters. The van der Waals surface area contributed by atoms with Gasteiger partial charge in [0.15, 0.2) is 0 Å². The van der Waals surface area contributed by atoms with Crippen LogP contribution in [0.2, 0.25) is 0 Å². The summed E-state index contributed by atoms with van der Waals surface area (Å²) in [6.45, 7) is 3.85. The highest BCUT2D eigenvalue weighted by Crippen LogP contribution is 2.33. The van der Waals surface area contributed by atoms with Gasteiger partial charge in [-0.05, 0) is 43.4 Å². The Hall–Kier alpha value is -1.13. The molecule has 2 fully saturated rings.